The molecule has 2 aliphatic rings. The van der Waals surface area contributed by atoms with E-state index in [1.807, 2.05) is 18.2 Å². The molecule has 98 valence electrons. The molecule has 1 aromatic carbocycles. The molecular formula is C16H16O3. The predicted molar refractivity (Wildman–Crippen MR) is 73.3 cm³/mol. The zero-order chi connectivity index (χ0) is 13.4. The fourth-order valence-corrected chi connectivity index (χ4v) is 2.56. The summed E-state index contributed by atoms with van der Waals surface area (Å²) in [4.78, 5) is 0. The Balaban J connectivity index is 1.93. The summed E-state index contributed by atoms with van der Waals surface area (Å²) in [5, 5.41) is 19.1. The van der Waals surface area contributed by atoms with Crippen LogP contribution in [0.5, 0.6) is 5.75 Å². The van der Waals surface area contributed by atoms with Crippen LogP contribution in [0.2, 0.25) is 0 Å². The Bertz CT molecular complexity index is 591. The van der Waals surface area contributed by atoms with Gasteiger partial charge in [0, 0.05) is 17.9 Å². The third-order valence-corrected chi connectivity index (χ3v) is 3.53. The molecule has 1 aliphatic heterocycles. The van der Waals surface area contributed by atoms with Gasteiger partial charge in [0.2, 0.25) is 0 Å². The lowest BCUT2D eigenvalue weighted by molar-refractivity contribution is 0.318. The van der Waals surface area contributed by atoms with Crippen molar-refractivity contribution in [2.24, 2.45) is 5.92 Å². The second-order valence-corrected chi connectivity index (χ2v) is 4.87. The summed E-state index contributed by atoms with van der Waals surface area (Å²) in [5.74, 6) is 2.53. The van der Waals surface area contributed by atoms with Gasteiger partial charge in [-0.15, -0.1) is 0 Å². The molecule has 1 aliphatic carbocycles. The molecule has 2 N–H and O–H groups in total. The van der Waals surface area contributed by atoms with Crippen LogP contribution in [0.15, 0.2) is 53.5 Å². The van der Waals surface area contributed by atoms with E-state index < -0.39 is 0 Å². The van der Waals surface area contributed by atoms with Crippen LogP contribution in [0, 0.1) is 5.92 Å². The number of benzene rings is 1. The van der Waals surface area contributed by atoms with E-state index in [0.717, 1.165) is 29.1 Å². The zero-order valence-corrected chi connectivity index (χ0v) is 10.8. The molecule has 3 heteroatoms. The second kappa shape index (κ2) is 4.50. The van der Waals surface area contributed by atoms with Crippen molar-refractivity contribution in [2.75, 3.05) is 0 Å². The Morgan fingerprint density at radius 1 is 1.21 bits per heavy atom. The maximum absolute atomic E-state index is 9.76. The Morgan fingerprint density at radius 3 is 2.63 bits per heavy atom. The molecule has 3 nitrogen and oxygen atoms in total. The lowest BCUT2D eigenvalue weighted by Crippen LogP contribution is -2.07. The third kappa shape index (κ3) is 2.12. The first-order valence-electron chi connectivity index (χ1n) is 6.49. The Labute approximate surface area is 112 Å². The van der Waals surface area contributed by atoms with Gasteiger partial charge in [0.25, 0.3) is 0 Å². The summed E-state index contributed by atoms with van der Waals surface area (Å²) in [6.45, 7) is 2.05. The first-order chi connectivity index (χ1) is 9.17. The largest absolute Gasteiger partial charge is 0.512 e. The number of aliphatic hydroxyl groups is 1. The van der Waals surface area contributed by atoms with Gasteiger partial charge in [0.05, 0.1) is 5.76 Å². The van der Waals surface area contributed by atoms with Gasteiger partial charge < -0.3 is 14.9 Å². The molecule has 1 atom stereocenters. The number of hydrogen-bond acceptors (Lipinski definition) is 3. The normalized spacial score (nSPS) is 21.6. The fourth-order valence-electron chi connectivity index (χ4n) is 2.56. The zero-order valence-electron chi connectivity index (χ0n) is 10.8. The number of rotatable bonds is 2. The molecule has 0 saturated carbocycles. The van der Waals surface area contributed by atoms with Crippen LogP contribution in [0.4, 0.5) is 0 Å². The molecule has 19 heavy (non-hydrogen) atoms. The fraction of sp³-hybridized carbons (Fsp3) is 0.250. The number of aliphatic hydroxyl groups excluding tert-OH is 1. The Morgan fingerprint density at radius 2 is 1.95 bits per heavy atom. The van der Waals surface area contributed by atoms with E-state index in [9.17, 15) is 10.2 Å². The van der Waals surface area contributed by atoms with Crippen molar-refractivity contribution in [3.05, 3.63) is 59.1 Å². The molecule has 3 rings (SSSR count). The first kappa shape index (κ1) is 11.9. The van der Waals surface area contributed by atoms with Crippen LogP contribution in [0.1, 0.15) is 25.3 Å². The molecule has 0 aromatic heterocycles. The van der Waals surface area contributed by atoms with Gasteiger partial charge in [0.15, 0.2) is 0 Å². The summed E-state index contributed by atoms with van der Waals surface area (Å²) in [6.07, 6.45) is 5.28. The summed E-state index contributed by atoms with van der Waals surface area (Å²) in [7, 11) is 0. The average Bonchev–Trinajstić information content (AvgIpc) is 2.82. The number of phenols is 1. The number of fused-ring (bicyclic) bond motifs is 1. The maximum Gasteiger partial charge on any atom is 0.130 e. The maximum atomic E-state index is 9.76. The quantitative estimate of drug-likeness (QED) is 0.844. The molecule has 0 spiro atoms. The van der Waals surface area contributed by atoms with Crippen LogP contribution in [0.25, 0.3) is 5.76 Å². The van der Waals surface area contributed by atoms with Crippen molar-refractivity contribution in [2.45, 2.75) is 19.8 Å². The number of ether oxygens (including phenoxy) is 1. The third-order valence-electron chi connectivity index (χ3n) is 3.53. The summed E-state index contributed by atoms with van der Waals surface area (Å²) in [5.41, 5.74) is 1.99. The number of allylic oxidation sites excluding steroid dienone is 4. The minimum atomic E-state index is 0.128. The van der Waals surface area contributed by atoms with Gasteiger partial charge in [0.1, 0.15) is 17.3 Å². The molecule has 0 fully saturated rings. The van der Waals surface area contributed by atoms with Gasteiger partial charge in [-0.3, -0.25) is 0 Å². The van der Waals surface area contributed by atoms with Crippen molar-refractivity contribution in [3.63, 3.8) is 0 Å². The Kier molecular flexibility index (Phi) is 2.82. The second-order valence-electron chi connectivity index (χ2n) is 4.87. The smallest absolute Gasteiger partial charge is 0.130 e. The molecule has 1 heterocycles. The minimum absolute atomic E-state index is 0.128. The number of phenolic OH excluding ortho intramolecular Hbond substituents is 1. The topological polar surface area (TPSA) is 49.7 Å². The highest BCUT2D eigenvalue weighted by molar-refractivity contribution is 5.65. The van der Waals surface area contributed by atoms with E-state index in [-0.39, 0.29) is 11.7 Å². The highest BCUT2D eigenvalue weighted by Gasteiger charge is 2.30. The summed E-state index contributed by atoms with van der Waals surface area (Å²) >= 11 is 0. The van der Waals surface area contributed by atoms with Crippen LogP contribution < -0.4 is 0 Å². The van der Waals surface area contributed by atoms with E-state index in [2.05, 4.69) is 6.92 Å². The average molecular weight is 256 g/mol. The van der Waals surface area contributed by atoms with Crippen molar-refractivity contribution in [1.29, 1.82) is 0 Å². The Hall–Kier alpha value is -2.16. The molecule has 1 aromatic rings. The van der Waals surface area contributed by atoms with E-state index in [0.29, 0.717) is 12.2 Å². The molecule has 1 unspecified atom stereocenters. The summed E-state index contributed by atoms with van der Waals surface area (Å²) < 4.78 is 5.95. The van der Waals surface area contributed by atoms with E-state index in [1.165, 1.54) is 0 Å². The first-order valence-corrected chi connectivity index (χ1v) is 6.49. The minimum Gasteiger partial charge on any atom is -0.512 e. The van der Waals surface area contributed by atoms with Crippen LogP contribution in [-0.4, -0.2) is 10.2 Å². The van der Waals surface area contributed by atoms with Crippen LogP contribution in [0.3, 0.4) is 0 Å². The highest BCUT2D eigenvalue weighted by atomic mass is 16.5. The molecule has 0 bridgehead atoms. The van der Waals surface area contributed by atoms with E-state index >= 15 is 0 Å². The van der Waals surface area contributed by atoms with Gasteiger partial charge in [-0.05, 0) is 48.4 Å². The number of hydrogen-bond donors (Lipinski definition) is 2. The molecule has 0 saturated heterocycles. The standard InChI is InChI=1S/C16H16O3/c1-2-10-7-14(18)8-12-9-15(19-16(10)12)11-3-5-13(17)6-4-11/h3-7,9,12,17-18H,2,8H2,1H3. The van der Waals surface area contributed by atoms with Crippen molar-refractivity contribution >= 4 is 5.76 Å². The predicted octanol–water partition coefficient (Wildman–Crippen LogP) is 3.89. The van der Waals surface area contributed by atoms with Crippen molar-refractivity contribution in [3.8, 4) is 5.75 Å². The number of aromatic hydroxyl groups is 1. The van der Waals surface area contributed by atoms with Gasteiger partial charge in [-0.2, -0.15) is 0 Å². The van der Waals surface area contributed by atoms with Crippen LogP contribution in [-0.2, 0) is 4.74 Å². The monoisotopic (exact) mass is 256 g/mol. The van der Waals surface area contributed by atoms with E-state index in [4.69, 9.17) is 4.74 Å². The summed E-state index contributed by atoms with van der Waals surface area (Å²) in [6, 6.07) is 6.95. The van der Waals surface area contributed by atoms with Crippen LogP contribution >= 0.6 is 0 Å². The van der Waals surface area contributed by atoms with Gasteiger partial charge >= 0.3 is 0 Å². The molecular weight excluding hydrogens is 240 g/mol. The van der Waals surface area contributed by atoms with Crippen molar-refractivity contribution < 1.29 is 14.9 Å². The van der Waals surface area contributed by atoms with E-state index in [1.54, 1.807) is 18.2 Å². The lowest BCUT2D eigenvalue weighted by atomic mass is 9.92. The SMILES string of the molecule is CCC1=C2OC(c3ccc(O)cc3)=CC2CC(O)=C1. The van der Waals surface area contributed by atoms with Crippen molar-refractivity contribution in [1.82, 2.24) is 0 Å². The molecule has 0 radical (unpaired) electrons. The highest BCUT2D eigenvalue weighted by Crippen LogP contribution is 2.41. The molecule has 0 amide bonds. The van der Waals surface area contributed by atoms with Gasteiger partial charge in [-0.1, -0.05) is 6.92 Å². The lowest BCUT2D eigenvalue weighted by Gasteiger charge is -2.18. The van der Waals surface area contributed by atoms with Gasteiger partial charge in [-0.25, -0.2) is 0 Å².